The van der Waals surface area contributed by atoms with E-state index in [9.17, 15) is 10.2 Å². The van der Waals surface area contributed by atoms with Crippen molar-refractivity contribution in [1.82, 2.24) is 29.8 Å². The molecule has 0 amide bonds. The van der Waals surface area contributed by atoms with Crippen LogP contribution in [-0.4, -0.2) is 59.5 Å². The summed E-state index contributed by atoms with van der Waals surface area (Å²) in [6.07, 6.45) is 11.1. The molecule has 3 unspecified atom stereocenters. The molecule has 9 heteroatoms. The van der Waals surface area contributed by atoms with Crippen LogP contribution in [0.15, 0.2) is 36.8 Å². The Balaban J connectivity index is 0.941. The van der Waals surface area contributed by atoms with Gasteiger partial charge in [0.2, 0.25) is 0 Å². The highest BCUT2D eigenvalue weighted by atomic mass is 16.3. The van der Waals surface area contributed by atoms with Crippen LogP contribution in [0.1, 0.15) is 83.1 Å². The molecule has 3 fully saturated rings. The van der Waals surface area contributed by atoms with Crippen molar-refractivity contribution in [2.24, 2.45) is 23.7 Å². The Morgan fingerprint density at radius 3 is 2.63 bits per heavy atom. The number of rotatable bonds is 9. The van der Waals surface area contributed by atoms with E-state index < -0.39 is 12.2 Å². The number of aryl methyl sites for hydroxylation is 1. The molecular formula is C34H47N7O2. The van der Waals surface area contributed by atoms with E-state index in [0.717, 1.165) is 47.0 Å². The van der Waals surface area contributed by atoms with Gasteiger partial charge in [0.05, 0.1) is 28.6 Å². The fraction of sp³-hybridized carbons (Fsp3) is 0.618. The number of aromatic amines is 1. The molecule has 3 saturated carbocycles. The first-order valence-corrected chi connectivity index (χ1v) is 16.3. The SMILES string of the molecule is CC(C)(C)c1ccc2[nH]c(CC[C@H]3C[C@H](C(NC[C@H]4CC(n5ccc6c(N)ncnc65)C(O)[C@@H]4O)C4CCC4)C3)nc2c1. The van der Waals surface area contributed by atoms with Crippen LogP contribution < -0.4 is 11.1 Å². The maximum absolute atomic E-state index is 11.0. The summed E-state index contributed by atoms with van der Waals surface area (Å²) in [7, 11) is 0. The highest BCUT2D eigenvalue weighted by molar-refractivity contribution is 5.86. The van der Waals surface area contributed by atoms with Gasteiger partial charge < -0.3 is 30.8 Å². The largest absolute Gasteiger partial charge is 0.390 e. The Hall–Kier alpha value is -3.01. The molecule has 3 aromatic heterocycles. The number of nitrogens with two attached hydrogens (primary N) is 1. The summed E-state index contributed by atoms with van der Waals surface area (Å²) in [6, 6.07) is 8.78. The number of aromatic nitrogens is 5. The lowest BCUT2D eigenvalue weighted by Crippen LogP contribution is -2.51. The minimum Gasteiger partial charge on any atom is -0.390 e. The standard InChI is InChI=1S/C34H47N7O2/c1-34(2,3)23-8-9-25-26(16-23)40-28(39-25)10-7-19-13-21(14-19)29(20-5-4-6-20)36-17-22-15-27(31(43)30(22)42)41-12-11-24-32(35)37-18-38-33(24)41/h8-9,11-12,16,18-22,27,29-31,36,42-43H,4-7,10,13-15,17H2,1-3H3,(H,39,40)(H2,35,37,38)/t19-,21-,22-,27?,29?,30-,31?/m1/s1. The summed E-state index contributed by atoms with van der Waals surface area (Å²) in [4.78, 5) is 17.0. The average molecular weight is 586 g/mol. The molecule has 3 aliphatic rings. The second-order valence-electron chi connectivity index (χ2n) is 14.7. The number of nitrogens with zero attached hydrogens (tertiary/aromatic N) is 4. The second kappa shape index (κ2) is 11.2. The van der Waals surface area contributed by atoms with Crippen molar-refractivity contribution in [3.05, 3.63) is 48.2 Å². The topological polar surface area (TPSA) is 138 Å². The Bertz CT molecular complexity index is 1580. The highest BCUT2D eigenvalue weighted by Gasteiger charge is 2.45. The molecule has 0 bridgehead atoms. The smallest absolute Gasteiger partial charge is 0.145 e. The van der Waals surface area contributed by atoms with E-state index in [4.69, 9.17) is 10.7 Å². The van der Waals surface area contributed by atoms with E-state index in [-0.39, 0.29) is 17.4 Å². The molecule has 6 N–H and O–H groups in total. The number of nitrogen functional groups attached to an aromatic ring is 1. The van der Waals surface area contributed by atoms with Crippen LogP contribution in [0, 0.1) is 23.7 Å². The van der Waals surface area contributed by atoms with E-state index in [2.05, 4.69) is 59.2 Å². The number of H-pyrrole nitrogens is 1. The first-order valence-electron chi connectivity index (χ1n) is 16.3. The van der Waals surface area contributed by atoms with Crippen molar-refractivity contribution in [2.75, 3.05) is 12.3 Å². The van der Waals surface area contributed by atoms with Gasteiger partial charge in [0.1, 0.15) is 29.7 Å². The van der Waals surface area contributed by atoms with Gasteiger partial charge in [0, 0.05) is 31.1 Å². The molecule has 0 saturated heterocycles. The Morgan fingerprint density at radius 2 is 1.88 bits per heavy atom. The molecule has 9 nitrogen and oxygen atoms in total. The predicted octanol–water partition coefficient (Wildman–Crippen LogP) is 4.89. The monoisotopic (exact) mass is 585 g/mol. The number of hydrogen-bond donors (Lipinski definition) is 5. The van der Waals surface area contributed by atoms with Gasteiger partial charge in [-0.2, -0.15) is 0 Å². The van der Waals surface area contributed by atoms with E-state index in [0.29, 0.717) is 29.8 Å². The summed E-state index contributed by atoms with van der Waals surface area (Å²) in [5.74, 6) is 3.68. The second-order valence-corrected chi connectivity index (χ2v) is 14.7. The van der Waals surface area contributed by atoms with Gasteiger partial charge in [-0.1, -0.05) is 33.3 Å². The minimum atomic E-state index is -0.841. The lowest BCUT2D eigenvalue weighted by Gasteiger charge is -2.47. The number of anilines is 1. The summed E-state index contributed by atoms with van der Waals surface area (Å²) >= 11 is 0. The summed E-state index contributed by atoms with van der Waals surface area (Å²) < 4.78 is 1.96. The molecule has 0 aliphatic heterocycles. The molecule has 4 aromatic rings. The number of hydrogen-bond acceptors (Lipinski definition) is 7. The van der Waals surface area contributed by atoms with Gasteiger partial charge in [-0.05, 0) is 85.5 Å². The van der Waals surface area contributed by atoms with Crippen LogP contribution in [-0.2, 0) is 11.8 Å². The molecule has 3 aliphatic carbocycles. The van der Waals surface area contributed by atoms with Gasteiger partial charge in [-0.3, -0.25) is 0 Å². The van der Waals surface area contributed by atoms with Crippen molar-refractivity contribution in [2.45, 2.75) is 102 Å². The van der Waals surface area contributed by atoms with Crippen molar-refractivity contribution in [3.63, 3.8) is 0 Å². The summed E-state index contributed by atoms with van der Waals surface area (Å²) in [5.41, 5.74) is 10.4. The van der Waals surface area contributed by atoms with Crippen molar-refractivity contribution in [3.8, 4) is 0 Å². The zero-order valence-corrected chi connectivity index (χ0v) is 25.7. The predicted molar refractivity (Wildman–Crippen MR) is 170 cm³/mol. The van der Waals surface area contributed by atoms with E-state index >= 15 is 0 Å². The first kappa shape index (κ1) is 28.7. The van der Waals surface area contributed by atoms with E-state index in [1.54, 1.807) is 0 Å². The minimum absolute atomic E-state index is 0.0121. The van der Waals surface area contributed by atoms with Crippen LogP contribution in [0.4, 0.5) is 5.82 Å². The number of fused-ring (bicyclic) bond motifs is 2. The third kappa shape index (κ3) is 5.44. The highest BCUT2D eigenvalue weighted by Crippen LogP contribution is 2.45. The summed E-state index contributed by atoms with van der Waals surface area (Å²) in [5, 5.41) is 26.8. The normalized spacial score (nSPS) is 28.8. The van der Waals surface area contributed by atoms with E-state index in [1.165, 1.54) is 50.4 Å². The third-order valence-electron chi connectivity index (χ3n) is 10.9. The Kier molecular flexibility index (Phi) is 7.46. The Morgan fingerprint density at radius 1 is 1.07 bits per heavy atom. The van der Waals surface area contributed by atoms with Gasteiger partial charge in [-0.15, -0.1) is 0 Å². The lowest BCUT2D eigenvalue weighted by molar-refractivity contribution is 0.00353. The maximum atomic E-state index is 11.0. The van der Waals surface area contributed by atoms with Crippen LogP contribution in [0.3, 0.4) is 0 Å². The van der Waals surface area contributed by atoms with Crippen LogP contribution in [0.5, 0.6) is 0 Å². The van der Waals surface area contributed by atoms with Crippen LogP contribution in [0.2, 0.25) is 0 Å². The fourth-order valence-electron chi connectivity index (χ4n) is 7.94. The molecule has 3 heterocycles. The molecule has 230 valence electrons. The number of aliphatic hydroxyl groups excluding tert-OH is 2. The molecular weight excluding hydrogens is 538 g/mol. The molecule has 0 radical (unpaired) electrons. The van der Waals surface area contributed by atoms with Crippen molar-refractivity contribution >= 4 is 27.9 Å². The summed E-state index contributed by atoms with van der Waals surface area (Å²) in [6.45, 7) is 7.46. The molecule has 0 spiro atoms. The molecule has 43 heavy (non-hydrogen) atoms. The number of imidazole rings is 1. The van der Waals surface area contributed by atoms with E-state index in [1.807, 2.05) is 16.8 Å². The Labute approximate surface area is 253 Å². The van der Waals surface area contributed by atoms with Crippen molar-refractivity contribution < 1.29 is 10.2 Å². The van der Waals surface area contributed by atoms with Gasteiger partial charge in [0.15, 0.2) is 0 Å². The fourth-order valence-corrected chi connectivity index (χ4v) is 7.94. The first-order chi connectivity index (χ1) is 20.7. The third-order valence-corrected chi connectivity index (χ3v) is 10.9. The number of aliphatic hydroxyl groups is 2. The molecule has 5 atom stereocenters. The zero-order valence-electron chi connectivity index (χ0n) is 25.7. The van der Waals surface area contributed by atoms with Gasteiger partial charge in [0.25, 0.3) is 0 Å². The zero-order chi connectivity index (χ0) is 29.9. The van der Waals surface area contributed by atoms with Crippen LogP contribution >= 0.6 is 0 Å². The number of nitrogens with one attached hydrogen (secondary N) is 2. The molecule has 7 rings (SSSR count). The average Bonchev–Trinajstić information content (AvgIpc) is 3.60. The lowest BCUT2D eigenvalue weighted by atomic mass is 9.63. The van der Waals surface area contributed by atoms with Gasteiger partial charge >= 0.3 is 0 Å². The maximum Gasteiger partial charge on any atom is 0.145 e. The van der Waals surface area contributed by atoms with Crippen molar-refractivity contribution in [1.29, 1.82) is 0 Å². The van der Waals surface area contributed by atoms with Crippen LogP contribution in [0.25, 0.3) is 22.1 Å². The quantitative estimate of drug-likeness (QED) is 0.189. The molecule has 1 aromatic carbocycles. The number of benzene rings is 1. The van der Waals surface area contributed by atoms with Gasteiger partial charge in [-0.25, -0.2) is 15.0 Å².